The first-order chi connectivity index (χ1) is 10.1. The van der Waals surface area contributed by atoms with E-state index in [2.05, 4.69) is 29.1 Å². The average molecular weight is 287 g/mol. The molecule has 1 aliphatic carbocycles. The highest BCUT2D eigenvalue weighted by Crippen LogP contribution is 2.26. The second-order valence-electron chi connectivity index (χ2n) is 5.94. The lowest BCUT2D eigenvalue weighted by molar-refractivity contribution is -0.125. The Bertz CT molecular complexity index is 614. The van der Waals surface area contributed by atoms with Crippen LogP contribution in [0, 0.1) is 5.92 Å². The highest BCUT2D eigenvalue weighted by molar-refractivity contribution is 5.79. The number of imidazole rings is 1. The standard InChI is InChI=1S/C16H21N3O2/c1-10(2)15-18-13-6-5-11(8-14(13)19-15)16(20)17-9-12-4-3-7-21-12/h3-4,7,10-11H,5-6,8-9H2,1-2H3,(H,17,20)(H,18,19)/t11-/m1/s1. The molecule has 1 atom stereocenters. The van der Waals surface area contributed by atoms with Gasteiger partial charge in [-0.25, -0.2) is 4.98 Å². The lowest BCUT2D eigenvalue weighted by atomic mass is 9.89. The van der Waals surface area contributed by atoms with E-state index in [0.29, 0.717) is 12.5 Å². The van der Waals surface area contributed by atoms with Crippen LogP contribution in [0.1, 0.15) is 49.2 Å². The number of rotatable bonds is 4. The van der Waals surface area contributed by atoms with Crippen molar-refractivity contribution in [1.82, 2.24) is 15.3 Å². The normalized spacial score (nSPS) is 17.8. The van der Waals surface area contributed by atoms with Crippen LogP contribution >= 0.6 is 0 Å². The third-order valence-electron chi connectivity index (χ3n) is 4.00. The van der Waals surface area contributed by atoms with Gasteiger partial charge in [0.2, 0.25) is 5.91 Å². The molecule has 0 aliphatic heterocycles. The fraction of sp³-hybridized carbons (Fsp3) is 0.500. The maximum atomic E-state index is 12.3. The van der Waals surface area contributed by atoms with Gasteiger partial charge in [0.05, 0.1) is 18.5 Å². The van der Waals surface area contributed by atoms with Gasteiger partial charge in [-0.05, 0) is 25.0 Å². The molecule has 2 N–H and O–H groups in total. The van der Waals surface area contributed by atoms with Gasteiger partial charge in [-0.3, -0.25) is 4.79 Å². The molecule has 0 saturated carbocycles. The highest BCUT2D eigenvalue weighted by atomic mass is 16.3. The molecule has 0 aromatic carbocycles. The predicted molar refractivity (Wildman–Crippen MR) is 78.7 cm³/mol. The van der Waals surface area contributed by atoms with Gasteiger partial charge in [-0.15, -0.1) is 0 Å². The van der Waals surface area contributed by atoms with Gasteiger partial charge >= 0.3 is 0 Å². The number of nitrogens with zero attached hydrogens (tertiary/aromatic N) is 1. The largest absolute Gasteiger partial charge is 0.467 e. The van der Waals surface area contributed by atoms with Gasteiger partial charge in [0, 0.05) is 24.0 Å². The Morgan fingerprint density at radius 2 is 2.43 bits per heavy atom. The summed E-state index contributed by atoms with van der Waals surface area (Å²) in [5.74, 6) is 2.31. The number of aromatic nitrogens is 2. The summed E-state index contributed by atoms with van der Waals surface area (Å²) in [6.45, 7) is 4.70. The molecule has 21 heavy (non-hydrogen) atoms. The summed E-state index contributed by atoms with van der Waals surface area (Å²) in [6.07, 6.45) is 4.10. The van der Waals surface area contributed by atoms with E-state index in [1.807, 2.05) is 12.1 Å². The van der Waals surface area contributed by atoms with E-state index >= 15 is 0 Å². The van der Waals surface area contributed by atoms with Gasteiger partial charge in [0.25, 0.3) is 0 Å². The van der Waals surface area contributed by atoms with Crippen molar-refractivity contribution in [3.05, 3.63) is 41.4 Å². The van der Waals surface area contributed by atoms with E-state index in [4.69, 9.17) is 4.42 Å². The molecule has 5 nitrogen and oxygen atoms in total. The second-order valence-corrected chi connectivity index (χ2v) is 5.94. The summed E-state index contributed by atoms with van der Waals surface area (Å²) in [5, 5.41) is 2.95. The number of H-pyrrole nitrogens is 1. The highest BCUT2D eigenvalue weighted by Gasteiger charge is 2.27. The molecule has 0 spiro atoms. The summed E-state index contributed by atoms with van der Waals surface area (Å²) in [6, 6.07) is 3.69. The van der Waals surface area contributed by atoms with Gasteiger partial charge in [-0.1, -0.05) is 13.8 Å². The third-order valence-corrected chi connectivity index (χ3v) is 4.00. The Hall–Kier alpha value is -2.04. The number of aromatic amines is 1. The zero-order valence-corrected chi connectivity index (χ0v) is 12.5. The Labute approximate surface area is 124 Å². The number of hydrogen-bond donors (Lipinski definition) is 2. The van der Waals surface area contributed by atoms with E-state index in [1.54, 1.807) is 6.26 Å². The molecule has 2 aromatic rings. The maximum Gasteiger partial charge on any atom is 0.223 e. The Morgan fingerprint density at radius 3 is 3.14 bits per heavy atom. The molecule has 5 heteroatoms. The van der Waals surface area contributed by atoms with Crippen molar-refractivity contribution in [2.24, 2.45) is 5.92 Å². The first kappa shape index (κ1) is 13.9. The lowest BCUT2D eigenvalue weighted by Crippen LogP contribution is -2.33. The first-order valence-corrected chi connectivity index (χ1v) is 7.51. The Morgan fingerprint density at radius 1 is 1.57 bits per heavy atom. The summed E-state index contributed by atoms with van der Waals surface area (Å²) in [5.41, 5.74) is 2.26. The fourth-order valence-electron chi connectivity index (χ4n) is 2.73. The number of furan rings is 1. The van der Waals surface area contributed by atoms with E-state index in [9.17, 15) is 4.79 Å². The molecule has 0 bridgehead atoms. The van der Waals surface area contributed by atoms with Gasteiger partial charge in [0.15, 0.2) is 0 Å². The molecule has 0 radical (unpaired) electrons. The van der Waals surface area contributed by atoms with E-state index in [1.165, 1.54) is 0 Å². The van der Waals surface area contributed by atoms with Crippen LogP contribution in [0.4, 0.5) is 0 Å². The molecule has 1 amide bonds. The van der Waals surface area contributed by atoms with Gasteiger partial charge in [0.1, 0.15) is 11.6 Å². The zero-order chi connectivity index (χ0) is 14.8. The minimum Gasteiger partial charge on any atom is -0.467 e. The monoisotopic (exact) mass is 287 g/mol. The Kier molecular flexibility index (Phi) is 3.82. The summed E-state index contributed by atoms with van der Waals surface area (Å²) < 4.78 is 5.23. The van der Waals surface area contributed by atoms with Crippen molar-refractivity contribution < 1.29 is 9.21 Å². The number of hydrogen-bond acceptors (Lipinski definition) is 3. The number of carbonyl (C=O) groups excluding carboxylic acids is 1. The van der Waals surface area contributed by atoms with Crippen molar-refractivity contribution in [3.63, 3.8) is 0 Å². The summed E-state index contributed by atoms with van der Waals surface area (Å²) in [7, 11) is 0. The van der Waals surface area contributed by atoms with E-state index in [-0.39, 0.29) is 11.8 Å². The topological polar surface area (TPSA) is 70.9 Å². The molecule has 1 aliphatic rings. The lowest BCUT2D eigenvalue weighted by Gasteiger charge is -2.20. The molecule has 0 unspecified atom stereocenters. The fourth-order valence-corrected chi connectivity index (χ4v) is 2.73. The molecule has 3 rings (SSSR count). The number of aryl methyl sites for hydroxylation is 1. The molecule has 0 fully saturated rings. The first-order valence-electron chi connectivity index (χ1n) is 7.51. The van der Waals surface area contributed by atoms with Gasteiger partial charge < -0.3 is 14.7 Å². The van der Waals surface area contributed by atoms with Crippen LogP contribution in [0.15, 0.2) is 22.8 Å². The van der Waals surface area contributed by atoms with Crippen LogP contribution in [-0.4, -0.2) is 15.9 Å². The van der Waals surface area contributed by atoms with Crippen molar-refractivity contribution in [2.75, 3.05) is 0 Å². The van der Waals surface area contributed by atoms with Gasteiger partial charge in [-0.2, -0.15) is 0 Å². The molecule has 2 heterocycles. The molecule has 112 valence electrons. The van der Waals surface area contributed by atoms with Crippen molar-refractivity contribution in [1.29, 1.82) is 0 Å². The number of amides is 1. The van der Waals surface area contributed by atoms with Crippen LogP contribution in [0.5, 0.6) is 0 Å². The summed E-state index contributed by atoms with van der Waals surface area (Å²) >= 11 is 0. The quantitative estimate of drug-likeness (QED) is 0.907. The minimum atomic E-state index is 0.0212. The van der Waals surface area contributed by atoms with E-state index < -0.39 is 0 Å². The Balaban J connectivity index is 1.61. The average Bonchev–Trinajstić information content (AvgIpc) is 3.12. The minimum absolute atomic E-state index is 0.0212. The van der Waals surface area contributed by atoms with Crippen molar-refractivity contribution in [3.8, 4) is 0 Å². The smallest absolute Gasteiger partial charge is 0.223 e. The predicted octanol–water partition coefficient (Wildman–Crippen LogP) is 2.55. The maximum absolute atomic E-state index is 12.3. The van der Waals surface area contributed by atoms with Crippen molar-refractivity contribution >= 4 is 5.91 Å². The van der Waals surface area contributed by atoms with Crippen LogP contribution in [-0.2, 0) is 24.2 Å². The van der Waals surface area contributed by atoms with Crippen LogP contribution in [0.2, 0.25) is 0 Å². The molecular weight excluding hydrogens is 266 g/mol. The number of fused-ring (bicyclic) bond motifs is 1. The van der Waals surface area contributed by atoms with Crippen LogP contribution < -0.4 is 5.32 Å². The van der Waals surface area contributed by atoms with Crippen molar-refractivity contribution in [2.45, 2.75) is 45.6 Å². The summed E-state index contributed by atoms with van der Waals surface area (Å²) in [4.78, 5) is 20.3. The van der Waals surface area contributed by atoms with E-state index in [0.717, 1.165) is 42.2 Å². The molecular formula is C16H21N3O2. The molecule has 0 saturated heterocycles. The SMILES string of the molecule is CC(C)c1nc2c([nH]1)C[C@H](C(=O)NCc1ccco1)CC2. The zero-order valence-electron chi connectivity index (χ0n) is 12.5. The van der Waals surface area contributed by atoms with Crippen LogP contribution in [0.25, 0.3) is 0 Å². The number of nitrogens with one attached hydrogen (secondary N) is 2. The van der Waals surface area contributed by atoms with Crippen LogP contribution in [0.3, 0.4) is 0 Å². The molecule has 2 aromatic heterocycles. The second kappa shape index (κ2) is 5.76. The number of carbonyl (C=O) groups is 1. The third kappa shape index (κ3) is 3.01.